The Balaban J connectivity index is 3.06. The van der Waals surface area contributed by atoms with Crippen molar-refractivity contribution in [3.8, 4) is 6.01 Å². The summed E-state index contributed by atoms with van der Waals surface area (Å²) in [5.41, 5.74) is 5.64. The molecule has 0 aromatic carbocycles. The molecular formula is C12H23N5O. The molecule has 0 aliphatic carbocycles. The van der Waals surface area contributed by atoms with E-state index in [1.807, 2.05) is 25.8 Å². The van der Waals surface area contributed by atoms with E-state index < -0.39 is 0 Å². The van der Waals surface area contributed by atoms with E-state index in [4.69, 9.17) is 10.5 Å². The van der Waals surface area contributed by atoms with Crippen LogP contribution in [0.2, 0.25) is 0 Å². The fraction of sp³-hybridized carbons (Fsp3) is 0.750. The fourth-order valence-corrected chi connectivity index (χ4v) is 1.28. The summed E-state index contributed by atoms with van der Waals surface area (Å²) in [6.45, 7) is 10.2. The average Bonchev–Trinajstić information content (AvgIpc) is 2.26. The van der Waals surface area contributed by atoms with Crippen LogP contribution in [-0.4, -0.2) is 33.6 Å². The minimum atomic E-state index is -0.0527. The van der Waals surface area contributed by atoms with Gasteiger partial charge in [-0.2, -0.15) is 15.0 Å². The lowest BCUT2D eigenvalue weighted by molar-refractivity contribution is 0.222. The van der Waals surface area contributed by atoms with E-state index in [0.717, 1.165) is 6.42 Å². The first-order valence-corrected chi connectivity index (χ1v) is 6.18. The van der Waals surface area contributed by atoms with E-state index in [1.54, 1.807) is 0 Å². The molecule has 1 rings (SSSR count). The molecule has 2 N–H and O–H groups in total. The lowest BCUT2D eigenvalue weighted by Crippen LogP contribution is -2.41. The van der Waals surface area contributed by atoms with Crippen LogP contribution in [0.5, 0.6) is 6.01 Å². The van der Waals surface area contributed by atoms with Crippen molar-refractivity contribution in [3.63, 3.8) is 0 Å². The van der Waals surface area contributed by atoms with Crippen molar-refractivity contribution in [2.75, 3.05) is 17.7 Å². The topological polar surface area (TPSA) is 77.2 Å². The first kappa shape index (κ1) is 14.5. The Kier molecular flexibility index (Phi) is 4.32. The molecule has 0 spiro atoms. The second-order valence-electron chi connectivity index (χ2n) is 5.17. The first-order chi connectivity index (χ1) is 8.26. The van der Waals surface area contributed by atoms with Crippen LogP contribution in [0.4, 0.5) is 11.9 Å². The summed E-state index contributed by atoms with van der Waals surface area (Å²) in [5, 5.41) is 0. The fourth-order valence-electron chi connectivity index (χ4n) is 1.28. The number of aromatic nitrogens is 3. The molecule has 1 aromatic heterocycles. The van der Waals surface area contributed by atoms with Crippen molar-refractivity contribution >= 4 is 11.9 Å². The number of hydrogen-bond donors (Lipinski definition) is 1. The smallest absolute Gasteiger partial charge is 0.323 e. The molecule has 0 saturated heterocycles. The van der Waals surface area contributed by atoms with Gasteiger partial charge in [-0.3, -0.25) is 0 Å². The van der Waals surface area contributed by atoms with Gasteiger partial charge in [-0.25, -0.2) is 0 Å². The van der Waals surface area contributed by atoms with Crippen LogP contribution in [0.3, 0.4) is 0 Å². The standard InChI is InChI=1S/C12H23N5O/c1-7-12(4,5)17(6)10-14-9(13)15-11(16-10)18-8(2)3/h8H,7H2,1-6H3,(H2,13,14,15,16). The Labute approximate surface area is 109 Å². The number of hydrogen-bond acceptors (Lipinski definition) is 6. The maximum atomic E-state index is 5.69. The number of nitrogen functional groups attached to an aromatic ring is 1. The molecule has 0 amide bonds. The number of nitrogens with zero attached hydrogens (tertiary/aromatic N) is 4. The van der Waals surface area contributed by atoms with E-state index in [-0.39, 0.29) is 23.6 Å². The number of nitrogens with two attached hydrogens (primary N) is 1. The van der Waals surface area contributed by atoms with E-state index in [9.17, 15) is 0 Å². The zero-order chi connectivity index (χ0) is 13.9. The van der Waals surface area contributed by atoms with Crippen molar-refractivity contribution in [2.24, 2.45) is 0 Å². The lowest BCUT2D eigenvalue weighted by atomic mass is 10.0. The molecule has 0 radical (unpaired) electrons. The summed E-state index contributed by atoms with van der Waals surface area (Å²) in [4.78, 5) is 14.4. The molecule has 102 valence electrons. The molecule has 1 heterocycles. The highest BCUT2D eigenvalue weighted by atomic mass is 16.5. The van der Waals surface area contributed by atoms with Gasteiger partial charge in [0.15, 0.2) is 0 Å². The third-order valence-corrected chi connectivity index (χ3v) is 3.03. The van der Waals surface area contributed by atoms with Gasteiger partial charge in [0.05, 0.1) is 6.10 Å². The Morgan fingerprint density at radius 2 is 1.89 bits per heavy atom. The normalized spacial score (nSPS) is 11.7. The van der Waals surface area contributed by atoms with Crippen LogP contribution < -0.4 is 15.4 Å². The van der Waals surface area contributed by atoms with Gasteiger partial charge in [0, 0.05) is 12.6 Å². The van der Waals surface area contributed by atoms with Crippen LogP contribution in [0.15, 0.2) is 0 Å². The molecule has 0 bridgehead atoms. The molecule has 0 aliphatic heterocycles. The summed E-state index contributed by atoms with van der Waals surface area (Å²) in [6.07, 6.45) is 0.972. The second-order valence-corrected chi connectivity index (χ2v) is 5.17. The molecular weight excluding hydrogens is 230 g/mol. The molecule has 0 saturated carbocycles. The summed E-state index contributed by atoms with van der Waals surface area (Å²) in [6, 6.07) is 0.270. The Hall–Kier alpha value is -1.59. The molecule has 6 nitrogen and oxygen atoms in total. The van der Waals surface area contributed by atoms with Crippen LogP contribution >= 0.6 is 0 Å². The minimum Gasteiger partial charge on any atom is -0.461 e. The molecule has 0 atom stereocenters. The van der Waals surface area contributed by atoms with Crippen molar-refractivity contribution < 1.29 is 4.74 Å². The van der Waals surface area contributed by atoms with Crippen molar-refractivity contribution in [2.45, 2.75) is 52.7 Å². The van der Waals surface area contributed by atoms with Crippen molar-refractivity contribution in [1.82, 2.24) is 15.0 Å². The van der Waals surface area contributed by atoms with Gasteiger partial charge in [-0.05, 0) is 34.1 Å². The van der Waals surface area contributed by atoms with Gasteiger partial charge in [0.1, 0.15) is 0 Å². The van der Waals surface area contributed by atoms with Crippen LogP contribution in [0, 0.1) is 0 Å². The van der Waals surface area contributed by atoms with Gasteiger partial charge in [-0.15, -0.1) is 0 Å². The third kappa shape index (κ3) is 3.45. The van der Waals surface area contributed by atoms with Gasteiger partial charge in [0.2, 0.25) is 11.9 Å². The highest BCUT2D eigenvalue weighted by Crippen LogP contribution is 2.23. The van der Waals surface area contributed by atoms with Gasteiger partial charge in [0.25, 0.3) is 0 Å². The second kappa shape index (κ2) is 5.37. The molecule has 0 fully saturated rings. The van der Waals surface area contributed by atoms with Gasteiger partial charge < -0.3 is 15.4 Å². The molecule has 0 unspecified atom stereocenters. The number of ether oxygens (including phenoxy) is 1. The highest BCUT2D eigenvalue weighted by molar-refractivity contribution is 5.37. The Morgan fingerprint density at radius 3 is 2.39 bits per heavy atom. The van der Waals surface area contributed by atoms with E-state index >= 15 is 0 Å². The molecule has 6 heteroatoms. The maximum absolute atomic E-state index is 5.69. The molecule has 0 aliphatic rings. The quantitative estimate of drug-likeness (QED) is 0.863. The highest BCUT2D eigenvalue weighted by Gasteiger charge is 2.24. The summed E-state index contributed by atoms with van der Waals surface area (Å²) >= 11 is 0. The van der Waals surface area contributed by atoms with Crippen molar-refractivity contribution in [3.05, 3.63) is 0 Å². The summed E-state index contributed by atoms with van der Waals surface area (Å²) in [5.74, 6) is 0.708. The Bertz CT molecular complexity index is 405. The predicted octanol–water partition coefficient (Wildman–Crippen LogP) is 1.87. The van der Waals surface area contributed by atoms with E-state index in [1.165, 1.54) is 0 Å². The van der Waals surface area contributed by atoms with Crippen molar-refractivity contribution in [1.29, 1.82) is 0 Å². The zero-order valence-electron chi connectivity index (χ0n) is 12.1. The molecule has 18 heavy (non-hydrogen) atoms. The van der Waals surface area contributed by atoms with Crippen LogP contribution in [0.25, 0.3) is 0 Å². The predicted molar refractivity (Wildman–Crippen MR) is 72.8 cm³/mol. The molecule has 1 aromatic rings. The SMILES string of the molecule is CCC(C)(C)N(C)c1nc(N)nc(OC(C)C)n1. The van der Waals surface area contributed by atoms with Gasteiger partial charge in [-0.1, -0.05) is 6.92 Å². The van der Waals surface area contributed by atoms with Gasteiger partial charge >= 0.3 is 6.01 Å². The monoisotopic (exact) mass is 253 g/mol. The summed E-state index contributed by atoms with van der Waals surface area (Å²) in [7, 11) is 1.94. The first-order valence-electron chi connectivity index (χ1n) is 6.18. The lowest BCUT2D eigenvalue weighted by Gasteiger charge is -2.34. The van der Waals surface area contributed by atoms with Crippen LogP contribution in [0.1, 0.15) is 41.0 Å². The number of anilines is 2. The average molecular weight is 253 g/mol. The Morgan fingerprint density at radius 1 is 1.28 bits per heavy atom. The number of rotatable bonds is 5. The third-order valence-electron chi connectivity index (χ3n) is 3.03. The van der Waals surface area contributed by atoms with E-state index in [2.05, 4.69) is 35.7 Å². The summed E-state index contributed by atoms with van der Waals surface area (Å²) < 4.78 is 5.46. The minimum absolute atomic E-state index is 0.00383. The largest absolute Gasteiger partial charge is 0.461 e. The zero-order valence-corrected chi connectivity index (χ0v) is 12.1. The maximum Gasteiger partial charge on any atom is 0.323 e. The van der Waals surface area contributed by atoms with Crippen LogP contribution in [-0.2, 0) is 0 Å². The van der Waals surface area contributed by atoms with E-state index in [0.29, 0.717) is 5.95 Å².